The molecule has 2 rings (SSSR count). The summed E-state index contributed by atoms with van der Waals surface area (Å²) in [7, 11) is 1.69. The SMILES string of the molecule is CCN(c1ccccc1)c1ncnc(NCCCOC)c1N. The first-order valence-electron chi connectivity index (χ1n) is 7.43. The standard InChI is InChI=1S/C16H23N5O/c1-3-21(13-8-5-4-6-9-13)16-14(17)15(19-12-20-16)18-10-7-11-22-2/h4-6,8-9,12H,3,7,10-11,17H2,1-2H3,(H,18,19,20). The highest BCUT2D eigenvalue weighted by molar-refractivity contribution is 5.79. The van der Waals surface area contributed by atoms with Gasteiger partial charge in [-0.05, 0) is 25.5 Å². The summed E-state index contributed by atoms with van der Waals surface area (Å²) in [5, 5.41) is 3.24. The van der Waals surface area contributed by atoms with Crippen molar-refractivity contribution in [2.75, 3.05) is 42.8 Å². The van der Waals surface area contributed by atoms with Gasteiger partial charge >= 0.3 is 0 Å². The Kier molecular flexibility index (Phi) is 5.97. The van der Waals surface area contributed by atoms with E-state index in [-0.39, 0.29) is 0 Å². The average Bonchev–Trinajstić information content (AvgIpc) is 2.56. The second-order valence-corrected chi connectivity index (χ2v) is 4.81. The van der Waals surface area contributed by atoms with Gasteiger partial charge in [0.1, 0.15) is 12.0 Å². The third kappa shape index (κ3) is 3.85. The molecule has 0 aliphatic rings. The summed E-state index contributed by atoms with van der Waals surface area (Å²) in [6, 6.07) is 10.1. The molecule has 22 heavy (non-hydrogen) atoms. The predicted octanol–water partition coefficient (Wildman–Crippen LogP) is 2.67. The van der Waals surface area contributed by atoms with Gasteiger partial charge in [0.25, 0.3) is 0 Å². The summed E-state index contributed by atoms with van der Waals surface area (Å²) in [6.45, 7) is 4.30. The number of nitrogens with two attached hydrogens (primary N) is 1. The summed E-state index contributed by atoms with van der Waals surface area (Å²) in [5.74, 6) is 1.38. The lowest BCUT2D eigenvalue weighted by Crippen LogP contribution is -2.20. The van der Waals surface area contributed by atoms with Crippen LogP contribution in [-0.4, -0.2) is 36.8 Å². The van der Waals surface area contributed by atoms with Gasteiger partial charge in [-0.25, -0.2) is 9.97 Å². The van der Waals surface area contributed by atoms with Gasteiger partial charge in [0.2, 0.25) is 0 Å². The Morgan fingerprint density at radius 2 is 2.00 bits per heavy atom. The molecule has 1 aromatic heterocycles. The van der Waals surface area contributed by atoms with E-state index in [2.05, 4.69) is 27.1 Å². The lowest BCUT2D eigenvalue weighted by molar-refractivity contribution is 0.198. The Balaban J connectivity index is 2.19. The molecule has 0 fully saturated rings. The lowest BCUT2D eigenvalue weighted by atomic mass is 10.2. The molecule has 0 unspecified atom stereocenters. The molecule has 6 heteroatoms. The Morgan fingerprint density at radius 3 is 2.68 bits per heavy atom. The molecular weight excluding hydrogens is 278 g/mol. The first-order valence-corrected chi connectivity index (χ1v) is 7.43. The number of hydrogen-bond donors (Lipinski definition) is 2. The van der Waals surface area contributed by atoms with Gasteiger partial charge in [0.05, 0.1) is 0 Å². The van der Waals surface area contributed by atoms with Crippen LogP contribution in [-0.2, 0) is 4.74 Å². The first-order chi connectivity index (χ1) is 10.8. The molecule has 0 atom stereocenters. The van der Waals surface area contributed by atoms with Gasteiger partial charge in [-0.2, -0.15) is 0 Å². The van der Waals surface area contributed by atoms with Crippen LogP contribution in [0.15, 0.2) is 36.7 Å². The number of nitrogen functional groups attached to an aromatic ring is 1. The maximum Gasteiger partial charge on any atom is 0.161 e. The lowest BCUT2D eigenvalue weighted by Gasteiger charge is -2.24. The number of nitrogens with one attached hydrogen (secondary N) is 1. The quantitative estimate of drug-likeness (QED) is 0.730. The minimum absolute atomic E-state index is 0.561. The van der Waals surface area contributed by atoms with Crippen molar-refractivity contribution in [3.8, 4) is 0 Å². The number of anilines is 4. The monoisotopic (exact) mass is 301 g/mol. The van der Waals surface area contributed by atoms with Crippen molar-refractivity contribution in [3.05, 3.63) is 36.7 Å². The van der Waals surface area contributed by atoms with Crippen LogP contribution >= 0.6 is 0 Å². The highest BCUT2D eigenvalue weighted by atomic mass is 16.5. The fraction of sp³-hybridized carbons (Fsp3) is 0.375. The molecular formula is C16H23N5O. The van der Waals surface area contributed by atoms with Crippen LogP contribution in [0.4, 0.5) is 23.0 Å². The number of rotatable bonds is 8. The van der Waals surface area contributed by atoms with Crippen LogP contribution in [0.5, 0.6) is 0 Å². The highest BCUT2D eigenvalue weighted by Gasteiger charge is 2.15. The molecule has 2 aromatic rings. The topological polar surface area (TPSA) is 76.3 Å². The van der Waals surface area contributed by atoms with Crippen LogP contribution in [0.1, 0.15) is 13.3 Å². The third-order valence-corrected chi connectivity index (χ3v) is 3.32. The summed E-state index contributed by atoms with van der Waals surface area (Å²) < 4.78 is 5.03. The van der Waals surface area contributed by atoms with Gasteiger partial charge in [-0.1, -0.05) is 18.2 Å². The van der Waals surface area contributed by atoms with E-state index in [4.69, 9.17) is 10.5 Å². The number of ether oxygens (including phenoxy) is 1. The summed E-state index contributed by atoms with van der Waals surface area (Å²) >= 11 is 0. The van der Waals surface area contributed by atoms with Gasteiger partial charge in [0.15, 0.2) is 11.6 Å². The molecule has 0 aliphatic heterocycles. The predicted molar refractivity (Wildman–Crippen MR) is 90.5 cm³/mol. The Hall–Kier alpha value is -2.34. The minimum Gasteiger partial charge on any atom is -0.393 e. The van der Waals surface area contributed by atoms with Gasteiger partial charge in [0, 0.05) is 32.5 Å². The third-order valence-electron chi connectivity index (χ3n) is 3.32. The summed E-state index contributed by atoms with van der Waals surface area (Å²) in [6.07, 6.45) is 2.43. The van der Waals surface area contributed by atoms with Gasteiger partial charge < -0.3 is 20.7 Å². The first kappa shape index (κ1) is 16.0. The average molecular weight is 301 g/mol. The molecule has 0 saturated heterocycles. The van der Waals surface area contributed by atoms with Crippen LogP contribution in [0.2, 0.25) is 0 Å². The molecule has 6 nitrogen and oxygen atoms in total. The number of aromatic nitrogens is 2. The molecule has 3 N–H and O–H groups in total. The van der Waals surface area contributed by atoms with Gasteiger partial charge in [-0.3, -0.25) is 0 Å². The van der Waals surface area contributed by atoms with Crippen molar-refractivity contribution in [2.45, 2.75) is 13.3 Å². The highest BCUT2D eigenvalue weighted by Crippen LogP contribution is 2.31. The fourth-order valence-electron chi connectivity index (χ4n) is 2.23. The van der Waals surface area contributed by atoms with E-state index >= 15 is 0 Å². The van der Waals surface area contributed by atoms with E-state index in [0.29, 0.717) is 18.1 Å². The van der Waals surface area contributed by atoms with Gasteiger partial charge in [-0.15, -0.1) is 0 Å². The zero-order valence-corrected chi connectivity index (χ0v) is 13.1. The molecule has 118 valence electrons. The van der Waals surface area contributed by atoms with E-state index in [9.17, 15) is 0 Å². The number of para-hydroxylation sites is 1. The Labute approximate surface area is 131 Å². The smallest absolute Gasteiger partial charge is 0.161 e. The molecule has 0 saturated carbocycles. The molecule has 0 bridgehead atoms. The largest absolute Gasteiger partial charge is 0.393 e. The van der Waals surface area contributed by atoms with Crippen LogP contribution in [0.3, 0.4) is 0 Å². The van der Waals surface area contributed by atoms with Crippen LogP contribution in [0.25, 0.3) is 0 Å². The second kappa shape index (κ2) is 8.19. The van der Waals surface area contributed by atoms with Crippen molar-refractivity contribution in [1.29, 1.82) is 0 Å². The second-order valence-electron chi connectivity index (χ2n) is 4.81. The van der Waals surface area contributed by atoms with Crippen molar-refractivity contribution >= 4 is 23.0 Å². The minimum atomic E-state index is 0.561. The van der Waals surface area contributed by atoms with E-state index in [1.807, 2.05) is 30.3 Å². The van der Waals surface area contributed by atoms with Crippen LogP contribution in [0, 0.1) is 0 Å². The van der Waals surface area contributed by atoms with Crippen molar-refractivity contribution in [3.63, 3.8) is 0 Å². The molecule has 0 radical (unpaired) electrons. The Bertz CT molecular complexity index is 576. The van der Waals surface area contributed by atoms with Crippen molar-refractivity contribution in [2.24, 2.45) is 0 Å². The van der Waals surface area contributed by atoms with E-state index < -0.39 is 0 Å². The zero-order valence-electron chi connectivity index (χ0n) is 13.1. The number of methoxy groups -OCH3 is 1. The van der Waals surface area contributed by atoms with Crippen LogP contribution < -0.4 is 16.0 Å². The van der Waals surface area contributed by atoms with E-state index in [0.717, 1.165) is 31.0 Å². The number of hydrogen-bond acceptors (Lipinski definition) is 6. The van der Waals surface area contributed by atoms with E-state index in [1.54, 1.807) is 7.11 Å². The maximum absolute atomic E-state index is 6.25. The van der Waals surface area contributed by atoms with Crippen molar-refractivity contribution < 1.29 is 4.74 Å². The molecule has 0 aliphatic carbocycles. The molecule has 1 heterocycles. The maximum atomic E-state index is 6.25. The Morgan fingerprint density at radius 1 is 1.23 bits per heavy atom. The van der Waals surface area contributed by atoms with Crippen molar-refractivity contribution in [1.82, 2.24) is 9.97 Å². The molecule has 0 amide bonds. The summed E-state index contributed by atoms with van der Waals surface area (Å²) in [5.41, 5.74) is 7.87. The summed E-state index contributed by atoms with van der Waals surface area (Å²) in [4.78, 5) is 10.7. The molecule has 0 spiro atoms. The fourth-order valence-corrected chi connectivity index (χ4v) is 2.23. The normalized spacial score (nSPS) is 10.5. The number of benzene rings is 1. The number of nitrogens with zero attached hydrogens (tertiary/aromatic N) is 3. The van der Waals surface area contributed by atoms with E-state index in [1.165, 1.54) is 6.33 Å². The molecule has 1 aromatic carbocycles. The zero-order chi connectivity index (χ0) is 15.8.